The minimum atomic E-state index is -0.625. The fourth-order valence-corrected chi connectivity index (χ4v) is 3.94. The Balaban J connectivity index is 1.50. The van der Waals surface area contributed by atoms with Crippen molar-refractivity contribution in [3.8, 4) is 5.75 Å². The highest BCUT2D eigenvalue weighted by atomic mass is 32.2. The van der Waals surface area contributed by atoms with Gasteiger partial charge in [0.2, 0.25) is 5.13 Å². The number of benzene rings is 2. The Bertz CT molecular complexity index is 892. The van der Waals surface area contributed by atoms with Crippen molar-refractivity contribution in [2.45, 2.75) is 37.0 Å². The van der Waals surface area contributed by atoms with Gasteiger partial charge in [0.25, 0.3) is 5.91 Å². The van der Waals surface area contributed by atoms with E-state index in [1.165, 1.54) is 22.5 Å². The van der Waals surface area contributed by atoms with Crippen molar-refractivity contribution < 1.29 is 9.53 Å². The molecule has 0 radical (unpaired) electrons. The van der Waals surface area contributed by atoms with Crippen molar-refractivity contribution in [1.82, 2.24) is 10.2 Å². The predicted molar refractivity (Wildman–Crippen MR) is 111 cm³/mol. The lowest BCUT2D eigenvalue weighted by atomic mass is 10.2. The van der Waals surface area contributed by atoms with Crippen LogP contribution >= 0.6 is 23.1 Å². The van der Waals surface area contributed by atoms with E-state index in [1.807, 2.05) is 31.2 Å². The van der Waals surface area contributed by atoms with E-state index in [4.69, 9.17) is 4.74 Å². The van der Waals surface area contributed by atoms with Crippen LogP contribution in [0.2, 0.25) is 0 Å². The maximum absolute atomic E-state index is 12.3. The quantitative estimate of drug-likeness (QED) is 0.454. The highest BCUT2D eigenvalue weighted by Gasteiger charge is 2.17. The number of nitrogens with zero attached hydrogens (tertiary/aromatic N) is 2. The monoisotopic (exact) mass is 399 g/mol. The predicted octanol–water partition coefficient (Wildman–Crippen LogP) is 4.85. The highest BCUT2D eigenvalue weighted by Crippen LogP contribution is 2.28. The molecule has 0 aliphatic heterocycles. The second kappa shape index (κ2) is 9.01. The third-order valence-corrected chi connectivity index (χ3v) is 5.87. The van der Waals surface area contributed by atoms with Crippen LogP contribution in [0.25, 0.3) is 0 Å². The molecule has 27 heavy (non-hydrogen) atoms. The number of thioether (sulfide) groups is 1. The molecule has 5 nitrogen and oxygen atoms in total. The van der Waals surface area contributed by atoms with E-state index in [-0.39, 0.29) is 5.91 Å². The summed E-state index contributed by atoms with van der Waals surface area (Å²) in [5.74, 6) is 1.23. The number of carbonyl (C=O) groups is 1. The smallest absolute Gasteiger partial charge is 0.266 e. The molecule has 1 N–H and O–H groups in total. The van der Waals surface area contributed by atoms with Crippen LogP contribution in [0, 0.1) is 13.8 Å². The number of carbonyl (C=O) groups excluding carboxylic acids is 1. The molecule has 1 amide bonds. The van der Waals surface area contributed by atoms with E-state index in [0.717, 1.165) is 15.7 Å². The van der Waals surface area contributed by atoms with Crippen molar-refractivity contribution in [3.05, 3.63) is 65.2 Å². The zero-order chi connectivity index (χ0) is 19.2. The molecule has 3 rings (SSSR count). The largest absolute Gasteiger partial charge is 0.481 e. The SMILES string of the molecule is Cc1ccc(CSc2nnc(NC(=O)[C@@H](C)Oc3ccc(C)cc3)s2)cc1. The average molecular weight is 400 g/mol. The lowest BCUT2D eigenvalue weighted by Gasteiger charge is -2.13. The summed E-state index contributed by atoms with van der Waals surface area (Å²) in [6, 6.07) is 16.0. The number of hydrogen-bond donors (Lipinski definition) is 1. The molecule has 1 heterocycles. The molecule has 0 spiro atoms. The summed E-state index contributed by atoms with van der Waals surface area (Å²) in [6.45, 7) is 5.78. The van der Waals surface area contributed by atoms with Gasteiger partial charge >= 0.3 is 0 Å². The zero-order valence-corrected chi connectivity index (χ0v) is 17.1. The number of aryl methyl sites for hydroxylation is 2. The van der Waals surface area contributed by atoms with Crippen LogP contribution in [0.15, 0.2) is 52.9 Å². The summed E-state index contributed by atoms with van der Waals surface area (Å²) < 4.78 is 6.48. The summed E-state index contributed by atoms with van der Waals surface area (Å²) in [5.41, 5.74) is 3.61. The van der Waals surface area contributed by atoms with Crippen LogP contribution in [0.4, 0.5) is 5.13 Å². The van der Waals surface area contributed by atoms with Gasteiger partial charge in [-0.2, -0.15) is 0 Å². The molecular formula is C20H21N3O2S2. The first-order valence-corrected chi connectivity index (χ1v) is 10.4. The molecule has 3 aromatic rings. The lowest BCUT2D eigenvalue weighted by Crippen LogP contribution is -2.30. The molecule has 140 valence electrons. The third-order valence-electron chi connectivity index (χ3n) is 3.82. The Kier molecular flexibility index (Phi) is 6.47. The number of anilines is 1. The number of hydrogen-bond acceptors (Lipinski definition) is 6. The fraction of sp³-hybridized carbons (Fsp3) is 0.250. The standard InChI is InChI=1S/C20H21N3O2S2/c1-13-4-8-16(9-5-13)12-26-20-23-22-19(27-20)21-18(24)15(3)25-17-10-6-14(2)7-11-17/h4-11,15H,12H2,1-3H3,(H,21,22,24)/t15-/m1/s1. The number of amides is 1. The molecule has 0 aliphatic carbocycles. The molecule has 7 heteroatoms. The van der Waals surface area contributed by atoms with Gasteiger partial charge in [0.05, 0.1) is 0 Å². The van der Waals surface area contributed by atoms with E-state index >= 15 is 0 Å². The van der Waals surface area contributed by atoms with E-state index in [0.29, 0.717) is 10.9 Å². The minimum absolute atomic E-state index is 0.248. The Morgan fingerprint density at radius 2 is 1.70 bits per heavy atom. The maximum atomic E-state index is 12.3. The number of aromatic nitrogens is 2. The van der Waals surface area contributed by atoms with E-state index in [9.17, 15) is 4.79 Å². The lowest BCUT2D eigenvalue weighted by molar-refractivity contribution is -0.122. The van der Waals surface area contributed by atoms with Gasteiger partial charge in [0, 0.05) is 5.75 Å². The molecular weight excluding hydrogens is 378 g/mol. The van der Waals surface area contributed by atoms with Crippen molar-refractivity contribution in [3.63, 3.8) is 0 Å². The zero-order valence-electron chi connectivity index (χ0n) is 15.4. The van der Waals surface area contributed by atoms with Crippen LogP contribution in [0.5, 0.6) is 5.75 Å². The first-order chi connectivity index (χ1) is 13.0. The van der Waals surface area contributed by atoms with Gasteiger partial charge in [0.1, 0.15) is 5.75 Å². The first-order valence-electron chi connectivity index (χ1n) is 8.55. The van der Waals surface area contributed by atoms with Gasteiger partial charge in [-0.15, -0.1) is 10.2 Å². The van der Waals surface area contributed by atoms with Crippen LogP contribution in [-0.4, -0.2) is 22.2 Å². The number of nitrogens with one attached hydrogen (secondary N) is 1. The minimum Gasteiger partial charge on any atom is -0.481 e. The molecule has 0 aliphatic rings. The fourth-order valence-electron chi connectivity index (χ4n) is 2.23. The summed E-state index contributed by atoms with van der Waals surface area (Å²) in [6.07, 6.45) is -0.625. The van der Waals surface area contributed by atoms with Crippen molar-refractivity contribution >= 4 is 34.1 Å². The second-order valence-electron chi connectivity index (χ2n) is 6.21. The van der Waals surface area contributed by atoms with E-state index in [2.05, 4.69) is 46.7 Å². The van der Waals surface area contributed by atoms with Crippen molar-refractivity contribution in [2.75, 3.05) is 5.32 Å². The van der Waals surface area contributed by atoms with E-state index < -0.39 is 6.10 Å². The van der Waals surface area contributed by atoms with Crippen LogP contribution in [0.1, 0.15) is 23.6 Å². The average Bonchev–Trinajstić information content (AvgIpc) is 3.10. The third kappa shape index (κ3) is 5.80. The Morgan fingerprint density at radius 3 is 2.37 bits per heavy atom. The summed E-state index contributed by atoms with van der Waals surface area (Å²) >= 11 is 2.96. The molecule has 0 saturated carbocycles. The normalized spacial score (nSPS) is 11.8. The maximum Gasteiger partial charge on any atom is 0.266 e. The van der Waals surface area contributed by atoms with Gasteiger partial charge in [-0.25, -0.2) is 0 Å². The number of rotatable bonds is 7. The molecule has 1 aromatic heterocycles. The summed E-state index contributed by atoms with van der Waals surface area (Å²) in [4.78, 5) is 12.3. The Morgan fingerprint density at radius 1 is 1.07 bits per heavy atom. The molecule has 1 atom stereocenters. The van der Waals surface area contributed by atoms with Gasteiger partial charge in [-0.05, 0) is 38.5 Å². The molecule has 0 fully saturated rings. The van der Waals surface area contributed by atoms with Gasteiger partial charge in [-0.3, -0.25) is 10.1 Å². The summed E-state index contributed by atoms with van der Waals surface area (Å²) in [5, 5.41) is 11.4. The molecule has 0 saturated heterocycles. The van der Waals surface area contributed by atoms with Crippen molar-refractivity contribution in [1.29, 1.82) is 0 Å². The molecule has 0 unspecified atom stereocenters. The highest BCUT2D eigenvalue weighted by molar-refractivity contribution is 8.00. The van der Waals surface area contributed by atoms with Crippen LogP contribution in [-0.2, 0) is 10.5 Å². The topological polar surface area (TPSA) is 64.1 Å². The van der Waals surface area contributed by atoms with Gasteiger partial charge in [0.15, 0.2) is 10.4 Å². The van der Waals surface area contributed by atoms with E-state index in [1.54, 1.807) is 18.7 Å². The van der Waals surface area contributed by atoms with Crippen molar-refractivity contribution in [2.24, 2.45) is 0 Å². The Hall–Kier alpha value is -2.38. The van der Waals surface area contributed by atoms with Crippen LogP contribution < -0.4 is 10.1 Å². The summed E-state index contributed by atoms with van der Waals surface area (Å²) in [7, 11) is 0. The number of ether oxygens (including phenoxy) is 1. The molecule has 0 bridgehead atoms. The van der Waals surface area contributed by atoms with Crippen LogP contribution in [0.3, 0.4) is 0 Å². The van der Waals surface area contributed by atoms with Gasteiger partial charge in [-0.1, -0.05) is 70.6 Å². The first kappa shape index (κ1) is 19.4. The molecule has 2 aromatic carbocycles. The second-order valence-corrected chi connectivity index (χ2v) is 8.41. The van der Waals surface area contributed by atoms with Gasteiger partial charge < -0.3 is 4.74 Å². The Labute approximate surface area is 167 Å².